The van der Waals surface area contributed by atoms with Crippen LogP contribution in [0.25, 0.3) is 216 Å². The summed E-state index contributed by atoms with van der Waals surface area (Å²) in [7, 11) is 8.29. The molecule has 0 bridgehead atoms. The Kier molecular flexibility index (Phi) is 17.1. The molecular formula is C113H77N7S2. The highest BCUT2D eigenvalue weighted by atomic mass is 32.1. The lowest BCUT2D eigenvalue weighted by molar-refractivity contribution is 0.660. The van der Waals surface area contributed by atoms with Crippen molar-refractivity contribution < 1.29 is 0 Å². The van der Waals surface area contributed by atoms with Gasteiger partial charge in [0.25, 0.3) is 0 Å². The second-order valence-electron chi connectivity index (χ2n) is 32.9. The molecule has 0 amide bonds. The zero-order chi connectivity index (χ0) is 82.5. The van der Waals surface area contributed by atoms with E-state index in [1.807, 2.05) is 80.2 Å². The Morgan fingerprint density at radius 2 is 0.566 bits per heavy atom. The molecule has 25 rings (SSSR count). The van der Waals surface area contributed by atoms with Gasteiger partial charge in [-0.2, -0.15) is 15.8 Å². The maximum absolute atomic E-state index is 9.62. The van der Waals surface area contributed by atoms with E-state index in [0.29, 0.717) is 16.7 Å². The molecule has 1 aliphatic carbocycles. The van der Waals surface area contributed by atoms with E-state index in [-0.39, 0.29) is 5.41 Å². The van der Waals surface area contributed by atoms with Crippen LogP contribution < -0.4 is 0 Å². The van der Waals surface area contributed by atoms with Crippen LogP contribution in [0.15, 0.2) is 340 Å². The van der Waals surface area contributed by atoms with Crippen LogP contribution in [0.3, 0.4) is 0 Å². The van der Waals surface area contributed by atoms with Crippen molar-refractivity contribution in [1.82, 2.24) is 18.3 Å². The predicted octanol–water partition coefficient (Wildman–Crippen LogP) is 30.4. The Morgan fingerprint density at radius 1 is 0.238 bits per heavy atom. The molecule has 6 heterocycles. The molecular weight excluding hydrogens is 1520 g/mol. The highest BCUT2D eigenvalue weighted by Crippen LogP contribution is 2.51. The number of rotatable bonds is 4. The third-order valence-electron chi connectivity index (χ3n) is 26.1. The Hall–Kier alpha value is -15.2. The van der Waals surface area contributed by atoms with Crippen LogP contribution in [0.4, 0.5) is 0 Å². The minimum absolute atomic E-state index is 0.0304. The molecule has 576 valence electrons. The van der Waals surface area contributed by atoms with Crippen molar-refractivity contribution in [2.45, 2.75) is 26.2 Å². The number of thiophene rings is 2. The highest BCUT2D eigenvalue weighted by molar-refractivity contribution is 7.26. The van der Waals surface area contributed by atoms with E-state index in [9.17, 15) is 15.8 Å². The standard InChI is InChI=1S/C32H20N2.C29H25N.2C26H16N2S/c1-34-31-16-14-21(18-30(31)28-12-6-7-22(19-33)32(28)34)20-13-15-27-25-10-3-2-8-23(25)24-9-4-5-11-26(24)29(27)17-20;1-18-8-7-10-23-24-16-19(13-15-27(24)30(4)28(18)23)20-12-14-22-21-9-5-6-11-25(21)29(2,3)26(22)17-20;1-28-23-13-12-16(14-22(23)20-9-4-6-17(15-27)25(20)28)18-8-5-10-21-19-7-2-3-11-24(19)29-26(18)21;1-28-23-11-9-16(13-21(23)20-7-4-5-18(15-27)26(20)28)17-10-12-25-22(14-17)19-6-2-3-8-24(19)29-25/h2-18H,1H3;5-17H,1-4H3;2*2-14H,1H3. The molecule has 0 spiro atoms. The summed E-state index contributed by atoms with van der Waals surface area (Å²) in [4.78, 5) is 0. The summed E-state index contributed by atoms with van der Waals surface area (Å²) >= 11 is 3.70. The lowest BCUT2D eigenvalue weighted by Crippen LogP contribution is -2.14. The van der Waals surface area contributed by atoms with Gasteiger partial charge < -0.3 is 18.3 Å². The van der Waals surface area contributed by atoms with Gasteiger partial charge in [-0.15, -0.1) is 22.7 Å². The molecule has 0 unspecified atom stereocenters. The molecule has 0 saturated carbocycles. The molecule has 0 saturated heterocycles. The van der Waals surface area contributed by atoms with Gasteiger partial charge in [0.05, 0.1) is 38.8 Å². The third-order valence-corrected chi connectivity index (χ3v) is 28.4. The van der Waals surface area contributed by atoms with Gasteiger partial charge >= 0.3 is 0 Å². The van der Waals surface area contributed by atoms with Crippen LogP contribution in [0, 0.1) is 40.9 Å². The van der Waals surface area contributed by atoms with Gasteiger partial charge in [-0.05, 0) is 215 Å². The van der Waals surface area contributed by atoms with Crippen LogP contribution in [-0.2, 0) is 33.6 Å². The summed E-state index contributed by atoms with van der Waals surface area (Å²) in [6.07, 6.45) is 0. The fourth-order valence-corrected chi connectivity index (χ4v) is 22.5. The van der Waals surface area contributed by atoms with Gasteiger partial charge in [0.15, 0.2) is 0 Å². The minimum atomic E-state index is 0.0304. The summed E-state index contributed by atoms with van der Waals surface area (Å²) in [6, 6.07) is 129. The summed E-state index contributed by atoms with van der Waals surface area (Å²) in [5.74, 6) is 0. The molecule has 0 fully saturated rings. The molecule has 0 atom stereocenters. The van der Waals surface area contributed by atoms with Crippen molar-refractivity contribution in [1.29, 1.82) is 15.8 Å². The summed E-state index contributed by atoms with van der Waals surface area (Å²) < 4.78 is 14.0. The van der Waals surface area contributed by atoms with E-state index in [0.717, 1.165) is 49.3 Å². The van der Waals surface area contributed by atoms with E-state index in [4.69, 9.17) is 0 Å². The molecule has 0 radical (unpaired) electrons. The number of nitriles is 3. The van der Waals surface area contributed by atoms with E-state index < -0.39 is 0 Å². The molecule has 7 nitrogen and oxygen atoms in total. The number of benzene rings is 18. The molecule has 122 heavy (non-hydrogen) atoms. The lowest BCUT2D eigenvalue weighted by atomic mass is 9.81. The van der Waals surface area contributed by atoms with E-state index in [1.165, 1.54) is 183 Å². The van der Waals surface area contributed by atoms with Crippen LogP contribution in [0.1, 0.15) is 47.2 Å². The van der Waals surface area contributed by atoms with Crippen molar-refractivity contribution in [3.8, 4) is 73.8 Å². The Morgan fingerprint density at radius 3 is 1.09 bits per heavy atom. The van der Waals surface area contributed by atoms with Gasteiger partial charge in [0, 0.05) is 139 Å². The topological polar surface area (TPSA) is 91.1 Å². The number of para-hydroxylation sites is 4. The van der Waals surface area contributed by atoms with Crippen molar-refractivity contribution >= 4 is 183 Å². The molecule has 0 N–H and O–H groups in total. The fraction of sp³-hybridized carbons (Fsp3) is 0.0708. The first kappa shape index (κ1) is 73.2. The van der Waals surface area contributed by atoms with Gasteiger partial charge in [-0.3, -0.25) is 0 Å². The second-order valence-corrected chi connectivity index (χ2v) is 35.1. The number of nitrogens with zero attached hydrogens (tertiary/aromatic N) is 7. The van der Waals surface area contributed by atoms with Crippen molar-refractivity contribution in [2.75, 3.05) is 0 Å². The SMILES string of the molecule is Cc1cccc2c3cc(-c4ccc5c(c4)C(C)(C)c4ccccc4-5)ccc3n(C)c12.Cn1c2ccc(-c3ccc4c5ccccc5c5ccccc5c4c3)cc2c2cccc(C#N)c21.Cn1c2ccc(-c3ccc4sc5ccccc5c4c3)cc2c2cccc(C#N)c21.Cn1c2ccc(-c3cccc4c3sc3ccccc34)cc2c2cccc(C#N)c21. The number of hydrogen-bond acceptors (Lipinski definition) is 5. The fourth-order valence-electron chi connectivity index (χ4n) is 20.2. The molecule has 1 aliphatic rings. The molecule has 9 heteroatoms. The lowest BCUT2D eigenvalue weighted by Gasteiger charge is -2.22. The normalized spacial score (nSPS) is 12.3. The smallest absolute Gasteiger partial charge is 0.101 e. The van der Waals surface area contributed by atoms with Crippen molar-refractivity contribution in [3.63, 3.8) is 0 Å². The highest BCUT2D eigenvalue weighted by Gasteiger charge is 2.35. The second kappa shape index (κ2) is 28.6. The summed E-state index contributed by atoms with van der Waals surface area (Å²) in [5.41, 5.74) is 28.0. The summed E-state index contributed by atoms with van der Waals surface area (Å²) in [5, 5.41) is 51.3. The Bertz CT molecular complexity index is 8700. The van der Waals surface area contributed by atoms with E-state index in [1.54, 1.807) is 0 Å². The van der Waals surface area contributed by atoms with Gasteiger partial charge in [0.1, 0.15) is 18.2 Å². The zero-order valence-electron chi connectivity index (χ0n) is 68.3. The van der Waals surface area contributed by atoms with E-state index >= 15 is 0 Å². The quantitative estimate of drug-likeness (QED) is 0.164. The first-order valence-corrected chi connectivity index (χ1v) is 43.0. The van der Waals surface area contributed by atoms with E-state index in [2.05, 4.69) is 368 Å². The average Bonchev–Trinajstić information content (AvgIpc) is 1.61. The van der Waals surface area contributed by atoms with Crippen molar-refractivity contribution in [3.05, 3.63) is 373 Å². The Labute approximate surface area is 712 Å². The first-order valence-electron chi connectivity index (χ1n) is 41.3. The van der Waals surface area contributed by atoms with Crippen LogP contribution in [0.2, 0.25) is 0 Å². The van der Waals surface area contributed by atoms with Crippen LogP contribution >= 0.6 is 22.7 Å². The maximum Gasteiger partial charge on any atom is 0.101 e. The monoisotopic (exact) mass is 1600 g/mol. The zero-order valence-corrected chi connectivity index (χ0v) is 69.9. The summed E-state index contributed by atoms with van der Waals surface area (Å²) in [6.45, 7) is 6.89. The molecule has 18 aromatic carbocycles. The number of aryl methyl sites for hydroxylation is 5. The molecule has 0 aliphatic heterocycles. The van der Waals surface area contributed by atoms with Crippen molar-refractivity contribution in [2.24, 2.45) is 28.2 Å². The van der Waals surface area contributed by atoms with Gasteiger partial charge in [0.2, 0.25) is 0 Å². The number of hydrogen-bond donors (Lipinski definition) is 0. The van der Waals surface area contributed by atoms with Crippen LogP contribution in [-0.4, -0.2) is 18.3 Å². The predicted molar refractivity (Wildman–Crippen MR) is 518 cm³/mol. The molecule has 24 aromatic rings. The number of aromatic nitrogens is 4. The maximum atomic E-state index is 9.62. The first-order chi connectivity index (χ1) is 59.7. The minimum Gasteiger partial charge on any atom is -0.343 e. The Balaban J connectivity index is 0.0000000974. The number of fused-ring (bicyclic) bond motifs is 27. The van der Waals surface area contributed by atoms with Gasteiger partial charge in [-0.1, -0.05) is 250 Å². The average molecular weight is 1600 g/mol. The van der Waals surface area contributed by atoms with Gasteiger partial charge in [-0.25, -0.2) is 0 Å². The van der Waals surface area contributed by atoms with Crippen LogP contribution in [0.5, 0.6) is 0 Å². The third kappa shape index (κ3) is 11.4. The molecule has 6 aromatic heterocycles. The largest absolute Gasteiger partial charge is 0.343 e.